The second-order valence-corrected chi connectivity index (χ2v) is 19.3. The lowest BCUT2D eigenvalue weighted by molar-refractivity contribution is -0.146. The van der Waals surface area contributed by atoms with E-state index in [-0.39, 0.29) is 18.3 Å². The summed E-state index contributed by atoms with van der Waals surface area (Å²) in [7, 11) is 2.25. The van der Waals surface area contributed by atoms with Gasteiger partial charge in [-0.1, -0.05) is 158 Å². The van der Waals surface area contributed by atoms with Crippen LogP contribution in [0.15, 0.2) is 0 Å². The van der Waals surface area contributed by atoms with E-state index < -0.39 is 0 Å². The van der Waals surface area contributed by atoms with Crippen molar-refractivity contribution in [2.75, 3.05) is 53.0 Å². The summed E-state index contributed by atoms with van der Waals surface area (Å²) in [6.45, 7) is 25.4. The van der Waals surface area contributed by atoms with Gasteiger partial charge in [-0.25, -0.2) is 0 Å². The lowest BCUT2D eigenvalue weighted by Gasteiger charge is -2.33. The van der Waals surface area contributed by atoms with E-state index in [1.165, 1.54) is 129 Å². The molecule has 1 fully saturated rings. The van der Waals surface area contributed by atoms with E-state index in [0.29, 0.717) is 61.6 Å². The van der Waals surface area contributed by atoms with Crippen LogP contribution in [0.1, 0.15) is 203 Å². The van der Waals surface area contributed by atoms with Crippen LogP contribution in [0.3, 0.4) is 0 Å². The fraction of sp³-hybridized carbons (Fsp3) is 0.939. The molecule has 0 saturated carbocycles. The molecule has 0 aromatic rings. The number of likely N-dealkylation sites (N-methyl/N-ethyl adjacent to an activating group) is 1. The molecule has 1 aliphatic heterocycles. The molecule has 57 heavy (non-hydrogen) atoms. The van der Waals surface area contributed by atoms with E-state index in [9.17, 15) is 9.59 Å². The highest BCUT2D eigenvalue weighted by Crippen LogP contribution is 2.25. The Hall–Kier alpha value is -1.67. The van der Waals surface area contributed by atoms with Crippen molar-refractivity contribution < 1.29 is 23.9 Å². The van der Waals surface area contributed by atoms with Crippen LogP contribution in [0.5, 0.6) is 0 Å². The van der Waals surface area contributed by atoms with E-state index in [4.69, 9.17) is 14.3 Å². The van der Waals surface area contributed by atoms with Gasteiger partial charge in [0, 0.05) is 39.0 Å². The average Bonchev–Trinajstić information content (AvgIpc) is 3.15. The molecular weight excluding hydrogens is 711 g/mol. The van der Waals surface area contributed by atoms with Crippen molar-refractivity contribution >= 4 is 18.3 Å². The zero-order valence-corrected chi connectivity index (χ0v) is 39.3. The lowest BCUT2D eigenvalue weighted by Crippen LogP contribution is -2.44. The number of carbonyl (C=O) groups is 3. The van der Waals surface area contributed by atoms with Crippen LogP contribution in [0, 0.1) is 41.4 Å². The van der Waals surface area contributed by atoms with Crippen LogP contribution >= 0.6 is 0 Å². The summed E-state index contributed by atoms with van der Waals surface area (Å²) in [4.78, 5) is 38.4. The summed E-state index contributed by atoms with van der Waals surface area (Å²) >= 11 is 0. The minimum Gasteiger partial charge on any atom is -0.465 e. The third-order valence-corrected chi connectivity index (χ3v) is 12.5. The quantitative estimate of drug-likeness (QED) is 0.0386. The van der Waals surface area contributed by atoms with Crippen molar-refractivity contribution in [3.63, 3.8) is 0 Å². The molecule has 0 aliphatic carbocycles. The highest BCUT2D eigenvalue weighted by Gasteiger charge is 2.19. The van der Waals surface area contributed by atoms with Crippen molar-refractivity contribution in [2.45, 2.75) is 203 Å². The third-order valence-electron chi connectivity index (χ3n) is 12.5. The van der Waals surface area contributed by atoms with Gasteiger partial charge < -0.3 is 25.0 Å². The molecule has 1 rings (SSSR count). The van der Waals surface area contributed by atoms with Crippen molar-refractivity contribution in [1.29, 1.82) is 0 Å². The number of ether oxygens (including phenoxy) is 2. The zero-order chi connectivity index (χ0) is 42.7. The number of nitrogens with two attached hydrogens (primary N) is 1. The minimum absolute atomic E-state index is 0.00439. The van der Waals surface area contributed by atoms with Gasteiger partial charge in [-0.05, 0) is 87.1 Å². The number of nitrogens with zero attached hydrogens (tertiary/aromatic N) is 2. The van der Waals surface area contributed by atoms with Gasteiger partial charge in [0.25, 0.3) is 0 Å². The molecule has 0 radical (unpaired) electrons. The highest BCUT2D eigenvalue weighted by atomic mass is 16.5. The van der Waals surface area contributed by atoms with Crippen molar-refractivity contribution in [2.24, 2.45) is 47.2 Å². The Morgan fingerprint density at radius 2 is 0.877 bits per heavy atom. The van der Waals surface area contributed by atoms with Crippen LogP contribution in [-0.4, -0.2) is 81.1 Å². The average molecular weight is 808 g/mol. The first-order valence-electron chi connectivity index (χ1n) is 24.2. The van der Waals surface area contributed by atoms with Crippen LogP contribution in [0.4, 0.5) is 0 Å². The summed E-state index contributed by atoms with van der Waals surface area (Å²) in [5, 5.41) is 0. The van der Waals surface area contributed by atoms with Crippen molar-refractivity contribution in [3.8, 4) is 0 Å². The fourth-order valence-corrected chi connectivity index (χ4v) is 7.90. The number of primary amides is 1. The van der Waals surface area contributed by atoms with Crippen LogP contribution in [-0.2, 0) is 23.9 Å². The number of hydrogen-bond donors (Lipinski definition) is 1. The number of piperazine rings is 1. The molecular formula is C49H97N3O5. The van der Waals surface area contributed by atoms with Crippen LogP contribution < -0.4 is 5.73 Å². The number of carbonyl (C=O) groups excluding carboxylic acids is 3. The molecule has 0 aromatic carbocycles. The molecule has 1 saturated heterocycles. The summed E-state index contributed by atoms with van der Waals surface area (Å²) in [6.07, 6.45) is 27.7. The topological polar surface area (TPSA) is 102 Å². The monoisotopic (exact) mass is 808 g/mol. The molecule has 2 unspecified atom stereocenters. The maximum absolute atomic E-state index is 12.3. The molecule has 1 heterocycles. The summed E-state index contributed by atoms with van der Waals surface area (Å²) in [6, 6.07) is 0. The van der Waals surface area contributed by atoms with Gasteiger partial charge in [-0.2, -0.15) is 0 Å². The largest absolute Gasteiger partial charge is 0.465 e. The highest BCUT2D eigenvalue weighted by molar-refractivity contribution is 5.69. The minimum atomic E-state index is 0.00439. The maximum Gasteiger partial charge on any atom is 0.305 e. The predicted molar refractivity (Wildman–Crippen MR) is 242 cm³/mol. The molecule has 0 aromatic heterocycles. The predicted octanol–water partition coefficient (Wildman–Crippen LogP) is 11.9. The lowest BCUT2D eigenvalue weighted by atomic mass is 9.89. The van der Waals surface area contributed by atoms with E-state index in [1.807, 2.05) is 0 Å². The van der Waals surface area contributed by atoms with Crippen LogP contribution in [0.25, 0.3) is 0 Å². The van der Waals surface area contributed by atoms with Gasteiger partial charge >= 0.3 is 11.9 Å². The number of hydrogen-bond acceptors (Lipinski definition) is 7. The Bertz CT molecular complexity index is 876. The normalized spacial score (nSPS) is 15.5. The first kappa shape index (κ1) is 55.3. The molecule has 2 N–H and O–H groups in total. The summed E-state index contributed by atoms with van der Waals surface area (Å²) in [5.74, 6) is 4.38. The SMILES string of the molecule is CC(C)CCC(COC(=O)CCCCCCCCCC(CCCCCCCCCC(=O)OCC(CCC(C)C)C(C)C)CCN1CCN(C)CC1)C(C)C.NC=O. The second-order valence-electron chi connectivity index (χ2n) is 19.3. The molecule has 0 bridgehead atoms. The Labute approximate surface area is 354 Å². The molecule has 0 spiro atoms. The smallest absolute Gasteiger partial charge is 0.305 e. The fourth-order valence-electron chi connectivity index (χ4n) is 7.90. The van der Waals surface area contributed by atoms with E-state index in [2.05, 4.69) is 78.0 Å². The molecule has 2 atom stereocenters. The standard InChI is InChI=1S/C48H94N2O4.CH3NO/c1-40(2)28-30-45(42(5)6)38-53-47(51)26-22-18-14-10-12-16-20-24-44(32-33-50-36-34-49(9)35-37-50)25-21-17-13-11-15-19-23-27-48(52)54-39-46(43(7)8)31-29-41(3)4;2-1-3/h40-46H,10-39H2,1-9H3;1H,(H2,2,3). The Morgan fingerprint density at radius 1 is 0.526 bits per heavy atom. The third kappa shape index (κ3) is 34.9. The van der Waals surface area contributed by atoms with E-state index in [1.54, 1.807) is 0 Å². The molecule has 8 heteroatoms. The number of esters is 2. The van der Waals surface area contributed by atoms with Gasteiger partial charge in [0.2, 0.25) is 6.41 Å². The van der Waals surface area contributed by atoms with Crippen LogP contribution in [0.2, 0.25) is 0 Å². The maximum atomic E-state index is 12.3. The number of rotatable bonds is 35. The van der Waals surface area contributed by atoms with Gasteiger partial charge in [-0.15, -0.1) is 0 Å². The van der Waals surface area contributed by atoms with Gasteiger partial charge in [0.05, 0.1) is 13.2 Å². The zero-order valence-electron chi connectivity index (χ0n) is 39.3. The summed E-state index contributed by atoms with van der Waals surface area (Å²) < 4.78 is 11.4. The second kappa shape index (κ2) is 37.3. The molecule has 8 nitrogen and oxygen atoms in total. The Kier molecular flexibility index (Phi) is 36.2. The van der Waals surface area contributed by atoms with Gasteiger partial charge in [-0.3, -0.25) is 14.4 Å². The molecule has 338 valence electrons. The first-order chi connectivity index (χ1) is 27.3. The van der Waals surface area contributed by atoms with E-state index >= 15 is 0 Å². The Morgan fingerprint density at radius 3 is 1.23 bits per heavy atom. The van der Waals surface area contributed by atoms with Crippen molar-refractivity contribution in [1.82, 2.24) is 9.80 Å². The first-order valence-corrected chi connectivity index (χ1v) is 24.2. The van der Waals surface area contributed by atoms with E-state index in [0.717, 1.165) is 44.4 Å². The van der Waals surface area contributed by atoms with Gasteiger partial charge in [0.1, 0.15) is 0 Å². The van der Waals surface area contributed by atoms with Gasteiger partial charge in [0.15, 0.2) is 0 Å². The summed E-state index contributed by atoms with van der Waals surface area (Å²) in [5.41, 5.74) is 4.17. The Balaban J connectivity index is 0.0000101. The molecule has 1 amide bonds. The van der Waals surface area contributed by atoms with Crippen molar-refractivity contribution in [3.05, 3.63) is 0 Å². The number of amides is 1. The number of unbranched alkanes of at least 4 members (excludes halogenated alkanes) is 12. The molecule has 1 aliphatic rings.